The summed E-state index contributed by atoms with van der Waals surface area (Å²) >= 11 is 0. The predicted molar refractivity (Wildman–Crippen MR) is 132 cm³/mol. The molecule has 1 fully saturated rings. The summed E-state index contributed by atoms with van der Waals surface area (Å²) in [6.07, 6.45) is 0.0296. The number of hydrogen-bond acceptors (Lipinski definition) is 11. The number of esters is 2. The van der Waals surface area contributed by atoms with Gasteiger partial charge in [0, 0.05) is 18.7 Å². The topological polar surface area (TPSA) is 184 Å². The summed E-state index contributed by atoms with van der Waals surface area (Å²) in [6, 6.07) is 7.02. The number of aliphatic hydroxyl groups is 1. The average Bonchev–Trinajstić information content (AvgIpc) is 3.26. The Morgan fingerprint density at radius 1 is 1.26 bits per heavy atom. The van der Waals surface area contributed by atoms with E-state index in [1.807, 2.05) is 0 Å². The van der Waals surface area contributed by atoms with E-state index in [2.05, 4.69) is 19.5 Å². The van der Waals surface area contributed by atoms with Gasteiger partial charge in [-0.15, -0.1) is 0 Å². The molecular formula is C23H28N3O11P. The lowest BCUT2D eigenvalue weighted by atomic mass is 10.2. The molecule has 0 radical (unpaired) electrons. The van der Waals surface area contributed by atoms with Crippen LogP contribution in [0, 0.1) is 0 Å². The first-order valence-electron chi connectivity index (χ1n) is 11.3. The van der Waals surface area contributed by atoms with E-state index in [0.717, 1.165) is 16.7 Å². The fourth-order valence-corrected chi connectivity index (χ4v) is 4.95. The Balaban J connectivity index is 1.76. The number of aromatic amines is 1. The van der Waals surface area contributed by atoms with Gasteiger partial charge in [0.15, 0.2) is 0 Å². The lowest BCUT2D eigenvalue weighted by molar-refractivity contribution is -0.142. The van der Waals surface area contributed by atoms with E-state index in [4.69, 9.17) is 13.8 Å². The number of nitrogens with zero attached hydrogens (tertiary/aromatic N) is 1. The van der Waals surface area contributed by atoms with Crippen molar-refractivity contribution in [1.29, 1.82) is 0 Å². The van der Waals surface area contributed by atoms with Gasteiger partial charge in [-0.2, -0.15) is 5.09 Å². The molecule has 0 amide bonds. The second-order valence-corrected chi connectivity index (χ2v) is 9.81. The zero-order chi connectivity index (χ0) is 27.9. The number of nitrogens with one attached hydrogen (secondary N) is 2. The minimum absolute atomic E-state index is 0.0328. The number of carbonyl (C=O) groups is 2. The smallest absolute Gasteiger partial charge is 0.459 e. The number of ether oxygens (including phenoxy) is 3. The standard InChI is InChI=1S/C23H28N3O11P/c1-14(22(30)34-3)25-38(32,37-16-7-5-4-6-8-16)35-13-18-17(27)11-19(36-18)26-12-15(9-10-20(28)33-2)21(29)24-23(26)31/h4-10,12,14,17-19,27H,11,13H2,1-3H3,(H,25,32)(H,24,29,31)/b10-9+/t14-,17-,18+,19+,38?/m0/s1. The van der Waals surface area contributed by atoms with Crippen LogP contribution in [0.1, 0.15) is 25.1 Å². The van der Waals surface area contributed by atoms with Crippen molar-refractivity contribution in [3.05, 3.63) is 69.0 Å². The van der Waals surface area contributed by atoms with E-state index in [0.29, 0.717) is 0 Å². The van der Waals surface area contributed by atoms with Gasteiger partial charge < -0.3 is 23.8 Å². The average molecular weight is 553 g/mol. The van der Waals surface area contributed by atoms with E-state index in [-0.39, 0.29) is 17.7 Å². The molecule has 206 valence electrons. The molecule has 1 aliphatic heterocycles. The molecule has 0 spiro atoms. The highest BCUT2D eigenvalue weighted by atomic mass is 31.2. The van der Waals surface area contributed by atoms with Crippen molar-refractivity contribution in [1.82, 2.24) is 14.6 Å². The third-order valence-corrected chi connectivity index (χ3v) is 7.04. The normalized spacial score (nSPS) is 21.5. The first kappa shape index (κ1) is 29.0. The van der Waals surface area contributed by atoms with Gasteiger partial charge in [0.05, 0.1) is 32.5 Å². The SMILES string of the molecule is COC(=O)/C=C/c1cn([C@H]2C[C@H](O)[C@@H](COP(=O)(N[C@@H](C)C(=O)OC)Oc3ccccc3)O2)c(=O)[nH]c1=O. The molecule has 1 aromatic carbocycles. The van der Waals surface area contributed by atoms with Gasteiger partial charge in [0.25, 0.3) is 5.56 Å². The molecular weight excluding hydrogens is 525 g/mol. The second kappa shape index (κ2) is 12.8. The number of hydrogen-bond donors (Lipinski definition) is 3. The Labute approximate surface area is 216 Å². The van der Waals surface area contributed by atoms with Crippen LogP contribution in [0.2, 0.25) is 0 Å². The summed E-state index contributed by atoms with van der Waals surface area (Å²) < 4.78 is 40.4. The van der Waals surface area contributed by atoms with Crippen LogP contribution in [0.3, 0.4) is 0 Å². The van der Waals surface area contributed by atoms with E-state index in [9.17, 15) is 28.8 Å². The van der Waals surface area contributed by atoms with Crippen LogP contribution in [0.25, 0.3) is 6.08 Å². The van der Waals surface area contributed by atoms with Crippen molar-refractivity contribution in [2.75, 3.05) is 20.8 Å². The fraction of sp³-hybridized carbons (Fsp3) is 0.391. The van der Waals surface area contributed by atoms with E-state index < -0.39 is 62.0 Å². The van der Waals surface area contributed by atoms with Crippen LogP contribution in [-0.2, 0) is 32.9 Å². The van der Waals surface area contributed by atoms with Crippen molar-refractivity contribution in [3.8, 4) is 5.75 Å². The van der Waals surface area contributed by atoms with Crippen LogP contribution >= 0.6 is 7.75 Å². The first-order chi connectivity index (χ1) is 18.0. The van der Waals surface area contributed by atoms with Crippen molar-refractivity contribution < 1.29 is 42.5 Å². The van der Waals surface area contributed by atoms with E-state index in [1.54, 1.807) is 18.2 Å². The Morgan fingerprint density at radius 3 is 2.63 bits per heavy atom. The maximum Gasteiger partial charge on any atom is 0.459 e. The lowest BCUT2D eigenvalue weighted by Crippen LogP contribution is -2.36. The molecule has 15 heteroatoms. The van der Waals surface area contributed by atoms with E-state index in [1.165, 1.54) is 39.5 Å². The Bertz CT molecular complexity index is 1320. The molecule has 1 aromatic heterocycles. The number of H-pyrrole nitrogens is 1. The number of aliphatic hydroxyl groups excluding tert-OH is 1. The lowest BCUT2D eigenvalue weighted by Gasteiger charge is -2.24. The van der Waals surface area contributed by atoms with Crippen LogP contribution in [0.5, 0.6) is 5.75 Å². The summed E-state index contributed by atoms with van der Waals surface area (Å²) in [4.78, 5) is 49.8. The number of benzene rings is 1. The monoisotopic (exact) mass is 553 g/mol. The van der Waals surface area contributed by atoms with Crippen LogP contribution in [-0.4, -0.2) is 65.7 Å². The third-order valence-electron chi connectivity index (χ3n) is 5.39. The minimum atomic E-state index is -4.19. The fourth-order valence-electron chi connectivity index (χ4n) is 3.44. The summed E-state index contributed by atoms with van der Waals surface area (Å²) in [7, 11) is -1.85. The molecule has 5 atom stereocenters. The Kier molecular flexibility index (Phi) is 9.78. The molecule has 3 N–H and O–H groups in total. The van der Waals surface area contributed by atoms with Gasteiger partial charge >= 0.3 is 25.4 Å². The highest BCUT2D eigenvalue weighted by Crippen LogP contribution is 2.45. The predicted octanol–water partition coefficient (Wildman–Crippen LogP) is 0.726. The van der Waals surface area contributed by atoms with Crippen LogP contribution in [0.4, 0.5) is 0 Å². The molecule has 38 heavy (non-hydrogen) atoms. The highest BCUT2D eigenvalue weighted by Gasteiger charge is 2.39. The summed E-state index contributed by atoms with van der Waals surface area (Å²) in [5.41, 5.74) is -1.58. The maximum absolute atomic E-state index is 13.5. The van der Waals surface area contributed by atoms with Crippen molar-refractivity contribution in [2.45, 2.75) is 37.8 Å². The molecule has 0 aliphatic carbocycles. The van der Waals surface area contributed by atoms with Crippen LogP contribution < -0.4 is 20.9 Å². The summed E-state index contributed by atoms with van der Waals surface area (Å²) in [5.74, 6) is -1.22. The quantitative estimate of drug-likeness (QED) is 0.202. The molecule has 3 rings (SSSR count). The van der Waals surface area contributed by atoms with Gasteiger partial charge in [0.1, 0.15) is 24.1 Å². The largest absolute Gasteiger partial charge is 0.468 e. The number of carbonyl (C=O) groups excluding carboxylic acids is 2. The molecule has 0 saturated carbocycles. The van der Waals surface area contributed by atoms with Gasteiger partial charge in [-0.1, -0.05) is 18.2 Å². The minimum Gasteiger partial charge on any atom is -0.468 e. The van der Waals surface area contributed by atoms with E-state index >= 15 is 0 Å². The van der Waals surface area contributed by atoms with Crippen molar-refractivity contribution in [2.24, 2.45) is 0 Å². The highest BCUT2D eigenvalue weighted by molar-refractivity contribution is 7.52. The van der Waals surface area contributed by atoms with Crippen molar-refractivity contribution in [3.63, 3.8) is 0 Å². The van der Waals surface area contributed by atoms with Gasteiger partial charge in [-0.25, -0.2) is 14.2 Å². The van der Waals surface area contributed by atoms with Gasteiger partial charge in [-0.05, 0) is 25.1 Å². The molecule has 2 aromatic rings. The molecule has 1 unspecified atom stereocenters. The zero-order valence-electron chi connectivity index (χ0n) is 20.8. The third kappa shape index (κ3) is 7.49. The first-order valence-corrected chi connectivity index (χ1v) is 12.9. The summed E-state index contributed by atoms with van der Waals surface area (Å²) in [6.45, 7) is 0.956. The van der Waals surface area contributed by atoms with Gasteiger partial charge in [0.2, 0.25) is 0 Å². The second-order valence-electron chi connectivity index (χ2n) is 8.11. The zero-order valence-corrected chi connectivity index (χ0v) is 21.7. The molecule has 14 nitrogen and oxygen atoms in total. The summed E-state index contributed by atoms with van der Waals surface area (Å²) in [5, 5.41) is 13.0. The number of rotatable bonds is 11. The van der Waals surface area contributed by atoms with Crippen LogP contribution in [0.15, 0.2) is 52.2 Å². The molecule has 2 heterocycles. The number of methoxy groups -OCH3 is 2. The van der Waals surface area contributed by atoms with Gasteiger partial charge in [-0.3, -0.25) is 23.7 Å². The van der Waals surface area contributed by atoms with Crippen molar-refractivity contribution >= 4 is 25.8 Å². The molecule has 1 saturated heterocycles. The Morgan fingerprint density at radius 2 is 1.97 bits per heavy atom. The molecule has 0 bridgehead atoms. The molecule has 1 aliphatic rings. The Hall–Kier alpha value is -3.55. The maximum atomic E-state index is 13.5. The number of aromatic nitrogens is 2. The number of para-hydroxylation sites is 1.